The Morgan fingerprint density at radius 2 is 2.08 bits per heavy atom. The Hall–Kier alpha value is -0.570. The van der Waals surface area contributed by atoms with Crippen molar-refractivity contribution in [3.8, 4) is 0 Å². The van der Waals surface area contributed by atoms with E-state index in [-0.39, 0.29) is 0 Å². The van der Waals surface area contributed by atoms with Gasteiger partial charge in [0.1, 0.15) is 0 Å². The molecular formula is C10H14ClNO. The van der Waals surface area contributed by atoms with Crippen LogP contribution in [0.1, 0.15) is 16.7 Å². The molecule has 0 unspecified atom stereocenters. The second-order valence-electron chi connectivity index (χ2n) is 2.99. The summed E-state index contributed by atoms with van der Waals surface area (Å²) in [6, 6.07) is 3.94. The van der Waals surface area contributed by atoms with Gasteiger partial charge in [0.25, 0.3) is 0 Å². The summed E-state index contributed by atoms with van der Waals surface area (Å²) < 4.78 is 0. The van der Waals surface area contributed by atoms with Crippen molar-refractivity contribution >= 4 is 11.6 Å². The van der Waals surface area contributed by atoms with E-state index in [1.807, 2.05) is 19.1 Å². The quantitative estimate of drug-likeness (QED) is 0.756. The Morgan fingerprint density at radius 3 is 2.69 bits per heavy atom. The normalized spacial score (nSPS) is 10.5. The molecule has 0 fully saturated rings. The maximum absolute atomic E-state index is 6.00. The molecule has 0 atom stereocenters. The predicted molar refractivity (Wildman–Crippen MR) is 54.8 cm³/mol. The molecule has 0 saturated carbocycles. The fourth-order valence-electron chi connectivity index (χ4n) is 1.28. The molecule has 72 valence electrons. The molecule has 0 aliphatic heterocycles. The summed E-state index contributed by atoms with van der Waals surface area (Å²) in [7, 11) is 1.61. The summed E-state index contributed by atoms with van der Waals surface area (Å²) in [4.78, 5) is 4.80. The molecule has 0 aliphatic carbocycles. The number of halogens is 1. The van der Waals surface area contributed by atoms with E-state index in [2.05, 4.69) is 12.4 Å². The molecule has 0 aliphatic rings. The molecule has 13 heavy (non-hydrogen) atoms. The second-order valence-corrected chi connectivity index (χ2v) is 3.40. The average Bonchev–Trinajstić information content (AvgIpc) is 2.12. The van der Waals surface area contributed by atoms with Gasteiger partial charge in [-0.05, 0) is 36.6 Å². The number of hydrogen-bond acceptors (Lipinski definition) is 2. The Labute approximate surface area is 83.8 Å². The van der Waals surface area contributed by atoms with E-state index in [4.69, 9.17) is 16.4 Å². The number of hydrogen-bond donors (Lipinski definition) is 1. The third kappa shape index (κ3) is 2.44. The van der Waals surface area contributed by atoms with Crippen LogP contribution in [0.3, 0.4) is 0 Å². The first kappa shape index (κ1) is 10.5. The van der Waals surface area contributed by atoms with Crippen molar-refractivity contribution in [1.82, 2.24) is 5.48 Å². The topological polar surface area (TPSA) is 21.3 Å². The molecule has 0 spiro atoms. The minimum absolute atomic E-state index is 0.689. The minimum Gasteiger partial charge on any atom is -0.305 e. The van der Waals surface area contributed by atoms with Crippen molar-refractivity contribution in [2.75, 3.05) is 7.11 Å². The fraction of sp³-hybridized carbons (Fsp3) is 0.400. The monoisotopic (exact) mass is 199 g/mol. The van der Waals surface area contributed by atoms with Gasteiger partial charge in [0.2, 0.25) is 0 Å². The lowest BCUT2D eigenvalue weighted by Gasteiger charge is -2.10. The molecule has 1 N–H and O–H groups in total. The summed E-state index contributed by atoms with van der Waals surface area (Å²) in [6.07, 6.45) is 0. The molecule has 0 heterocycles. The summed E-state index contributed by atoms with van der Waals surface area (Å²) in [6.45, 7) is 4.77. The lowest BCUT2D eigenvalue weighted by Crippen LogP contribution is -2.13. The SMILES string of the molecule is CONCc1c(C)ccc(Cl)c1C. The van der Waals surface area contributed by atoms with Crippen molar-refractivity contribution in [3.05, 3.63) is 33.8 Å². The third-order valence-corrected chi connectivity index (χ3v) is 2.57. The number of benzene rings is 1. The number of aryl methyl sites for hydroxylation is 1. The van der Waals surface area contributed by atoms with Crippen molar-refractivity contribution in [1.29, 1.82) is 0 Å². The van der Waals surface area contributed by atoms with Crippen LogP contribution in [-0.2, 0) is 11.4 Å². The number of hydroxylamine groups is 1. The molecule has 0 aromatic heterocycles. The highest BCUT2D eigenvalue weighted by molar-refractivity contribution is 6.31. The molecule has 2 nitrogen and oxygen atoms in total. The first-order valence-electron chi connectivity index (χ1n) is 4.17. The van der Waals surface area contributed by atoms with Gasteiger partial charge < -0.3 is 4.84 Å². The van der Waals surface area contributed by atoms with Crippen molar-refractivity contribution in [2.24, 2.45) is 0 Å². The van der Waals surface area contributed by atoms with Gasteiger partial charge in [-0.25, -0.2) is 0 Å². The second kappa shape index (κ2) is 4.61. The first-order chi connectivity index (χ1) is 6.16. The smallest absolute Gasteiger partial charge is 0.0572 e. The number of nitrogens with one attached hydrogen (secondary N) is 1. The van der Waals surface area contributed by atoms with E-state index in [1.165, 1.54) is 11.1 Å². The Kier molecular flexibility index (Phi) is 3.72. The molecule has 0 saturated heterocycles. The van der Waals surface area contributed by atoms with Gasteiger partial charge in [0.05, 0.1) is 7.11 Å². The highest BCUT2D eigenvalue weighted by Gasteiger charge is 2.04. The van der Waals surface area contributed by atoms with Crippen LogP contribution in [0.25, 0.3) is 0 Å². The average molecular weight is 200 g/mol. The zero-order valence-corrected chi connectivity index (χ0v) is 8.90. The summed E-state index contributed by atoms with van der Waals surface area (Å²) in [5, 5.41) is 0.804. The zero-order chi connectivity index (χ0) is 9.84. The Morgan fingerprint density at radius 1 is 1.38 bits per heavy atom. The molecule has 1 aromatic carbocycles. The standard InChI is InChI=1S/C10H14ClNO/c1-7-4-5-10(11)8(2)9(7)6-12-13-3/h4-5,12H,6H2,1-3H3. The highest BCUT2D eigenvalue weighted by atomic mass is 35.5. The van der Waals surface area contributed by atoms with Gasteiger partial charge >= 0.3 is 0 Å². The zero-order valence-electron chi connectivity index (χ0n) is 8.15. The predicted octanol–water partition coefficient (Wildman–Crippen LogP) is 2.61. The maximum atomic E-state index is 6.00. The van der Waals surface area contributed by atoms with Gasteiger partial charge in [-0.1, -0.05) is 17.7 Å². The van der Waals surface area contributed by atoms with Crippen LogP contribution in [-0.4, -0.2) is 7.11 Å². The van der Waals surface area contributed by atoms with Gasteiger partial charge in [-0.15, -0.1) is 0 Å². The van der Waals surface area contributed by atoms with E-state index < -0.39 is 0 Å². The summed E-state index contributed by atoms with van der Waals surface area (Å²) in [5.74, 6) is 0. The van der Waals surface area contributed by atoms with Gasteiger partial charge in [-0.3, -0.25) is 0 Å². The van der Waals surface area contributed by atoms with Crippen molar-refractivity contribution in [2.45, 2.75) is 20.4 Å². The van der Waals surface area contributed by atoms with Gasteiger partial charge in [0.15, 0.2) is 0 Å². The molecule has 1 aromatic rings. The largest absolute Gasteiger partial charge is 0.305 e. The lowest BCUT2D eigenvalue weighted by atomic mass is 10.0. The van der Waals surface area contributed by atoms with Crippen LogP contribution in [0.2, 0.25) is 5.02 Å². The van der Waals surface area contributed by atoms with Crippen LogP contribution in [0, 0.1) is 13.8 Å². The molecule has 1 rings (SSSR count). The number of rotatable bonds is 3. The van der Waals surface area contributed by atoms with Crippen LogP contribution >= 0.6 is 11.6 Å². The van der Waals surface area contributed by atoms with Crippen molar-refractivity contribution < 1.29 is 4.84 Å². The third-order valence-electron chi connectivity index (χ3n) is 2.16. The van der Waals surface area contributed by atoms with E-state index in [1.54, 1.807) is 7.11 Å². The van der Waals surface area contributed by atoms with Crippen molar-refractivity contribution in [3.63, 3.8) is 0 Å². The molecule has 0 bridgehead atoms. The lowest BCUT2D eigenvalue weighted by molar-refractivity contribution is 0.0864. The van der Waals surface area contributed by atoms with E-state index >= 15 is 0 Å². The van der Waals surface area contributed by atoms with E-state index in [9.17, 15) is 0 Å². The highest BCUT2D eigenvalue weighted by Crippen LogP contribution is 2.21. The van der Waals surface area contributed by atoms with Crippen LogP contribution in [0.5, 0.6) is 0 Å². The van der Waals surface area contributed by atoms with E-state index in [0.29, 0.717) is 6.54 Å². The minimum atomic E-state index is 0.689. The van der Waals surface area contributed by atoms with Crippen LogP contribution in [0.4, 0.5) is 0 Å². The summed E-state index contributed by atoms with van der Waals surface area (Å²) >= 11 is 6.00. The van der Waals surface area contributed by atoms with Gasteiger partial charge in [0, 0.05) is 11.6 Å². The van der Waals surface area contributed by atoms with Crippen LogP contribution < -0.4 is 5.48 Å². The molecule has 3 heteroatoms. The van der Waals surface area contributed by atoms with E-state index in [0.717, 1.165) is 10.6 Å². The van der Waals surface area contributed by atoms with Crippen LogP contribution in [0.15, 0.2) is 12.1 Å². The maximum Gasteiger partial charge on any atom is 0.0572 e. The molecular weight excluding hydrogens is 186 g/mol. The van der Waals surface area contributed by atoms with Gasteiger partial charge in [-0.2, -0.15) is 5.48 Å². The Balaban J connectivity index is 2.96. The fourth-order valence-corrected chi connectivity index (χ4v) is 1.46. The molecule has 0 radical (unpaired) electrons. The summed E-state index contributed by atoms with van der Waals surface area (Å²) in [5.41, 5.74) is 6.36. The first-order valence-corrected chi connectivity index (χ1v) is 4.55. The Bertz CT molecular complexity index is 299. The molecule has 0 amide bonds.